The molecule has 0 spiro atoms. The Morgan fingerprint density at radius 2 is 1.32 bits per heavy atom. The number of benzene rings is 3. The van der Waals surface area contributed by atoms with Gasteiger partial charge in [-0.3, -0.25) is 28.8 Å². The monoisotopic (exact) mass is 1030 g/mol. The molecule has 398 valence electrons. The van der Waals surface area contributed by atoms with Crippen molar-refractivity contribution >= 4 is 45.5 Å². The van der Waals surface area contributed by atoms with Crippen molar-refractivity contribution in [2.45, 2.75) is 117 Å². The highest BCUT2D eigenvalue weighted by atomic mass is 32.2. The summed E-state index contributed by atoms with van der Waals surface area (Å²) in [5, 5.41) is 11.8. The lowest BCUT2D eigenvalue weighted by Crippen LogP contribution is -2.61. The molecule has 4 unspecified atom stereocenters. The standard InChI is InChI=1S/C53H69N5O10.CH4O3S/c1-9-24-66-46-31-41(29-37(6)48(46)68-38(7)59)32-58(22-25-65-26-23-58)33-47(60)54-42(21-20-39-16-12-10-13-17-39)50(62)56-44(28-36(4)5)51(63)57-45(30-40-18-14-11-15-19-40)52(64)55-43(27-35(2)3)49(61)53(8)34-67-53;1-5(2,3)4/h1,10-19,29,31,35-36,42-45H,20-28,30,32-34H2,2-8H3,(H3-,54,55,56,57,60,62,63,64);1H3,(H,2,3,4)/t42?,43?,44?,45?,53-;/m1./s1. The molecule has 5 rings (SSSR count). The van der Waals surface area contributed by atoms with Gasteiger partial charge in [0.15, 0.2) is 23.8 Å². The molecule has 0 aromatic heterocycles. The summed E-state index contributed by atoms with van der Waals surface area (Å²) in [7, 11) is -3.92. The molecular weight excluding hydrogens is 959 g/mol. The maximum Gasteiger partial charge on any atom is 0.308 e. The first kappa shape index (κ1) is 59.4. The minimum atomic E-state index is -3.92. The summed E-state index contributed by atoms with van der Waals surface area (Å²) in [6.45, 7) is 15.1. The summed E-state index contributed by atoms with van der Waals surface area (Å²) in [6, 6.07) is 18.5. The van der Waals surface area contributed by atoms with Crippen LogP contribution in [0.5, 0.6) is 11.5 Å². The highest BCUT2D eigenvalue weighted by Gasteiger charge is 2.50. The van der Waals surface area contributed by atoms with Crippen molar-refractivity contribution in [1.29, 1.82) is 0 Å². The van der Waals surface area contributed by atoms with E-state index in [-0.39, 0.29) is 68.3 Å². The van der Waals surface area contributed by atoms with Gasteiger partial charge in [-0.1, -0.05) is 94.3 Å². The lowest BCUT2D eigenvalue weighted by atomic mass is 9.93. The van der Waals surface area contributed by atoms with Gasteiger partial charge in [0.25, 0.3) is 5.91 Å². The fourth-order valence-electron chi connectivity index (χ4n) is 8.57. The summed E-state index contributed by atoms with van der Waals surface area (Å²) in [5.41, 5.74) is 2.28. The van der Waals surface area contributed by atoms with E-state index in [9.17, 15) is 28.8 Å². The van der Waals surface area contributed by atoms with Gasteiger partial charge in [-0.2, -0.15) is 0 Å². The summed E-state index contributed by atoms with van der Waals surface area (Å²) in [4.78, 5) is 82.9. The average Bonchev–Trinajstić information content (AvgIpc) is 4.07. The largest absolute Gasteiger partial charge is 0.748 e. The second kappa shape index (κ2) is 27.8. The van der Waals surface area contributed by atoms with E-state index in [1.807, 2.05) is 94.4 Å². The number of ether oxygens (including phenoxy) is 4. The zero-order valence-electron chi connectivity index (χ0n) is 43.3. The van der Waals surface area contributed by atoms with Crippen LogP contribution in [0.3, 0.4) is 0 Å². The molecular formula is C54H73N5O13S. The van der Waals surface area contributed by atoms with Crippen LogP contribution < -0.4 is 30.7 Å². The van der Waals surface area contributed by atoms with Gasteiger partial charge in [-0.25, -0.2) is 8.42 Å². The van der Waals surface area contributed by atoms with E-state index < -0.39 is 63.6 Å². The fourth-order valence-corrected chi connectivity index (χ4v) is 8.57. The molecule has 73 heavy (non-hydrogen) atoms. The zero-order valence-corrected chi connectivity index (χ0v) is 44.1. The number of hydrogen-bond acceptors (Lipinski definition) is 13. The molecule has 2 aliphatic heterocycles. The Hall–Kier alpha value is -6.17. The molecule has 5 atom stereocenters. The third-order valence-corrected chi connectivity index (χ3v) is 12.2. The molecule has 18 nitrogen and oxygen atoms in total. The normalized spacial score (nSPS) is 17.5. The number of nitrogens with one attached hydrogen (secondary N) is 4. The van der Waals surface area contributed by atoms with Gasteiger partial charge in [0, 0.05) is 25.2 Å². The van der Waals surface area contributed by atoms with Gasteiger partial charge < -0.3 is 49.3 Å². The van der Waals surface area contributed by atoms with Gasteiger partial charge in [-0.05, 0) is 80.2 Å². The van der Waals surface area contributed by atoms with Crippen molar-refractivity contribution in [2.24, 2.45) is 11.8 Å². The Morgan fingerprint density at radius 3 is 1.86 bits per heavy atom. The minimum absolute atomic E-state index is 0.0154. The predicted octanol–water partition coefficient (Wildman–Crippen LogP) is 3.71. The van der Waals surface area contributed by atoms with Gasteiger partial charge in [0.2, 0.25) is 17.7 Å². The summed E-state index contributed by atoms with van der Waals surface area (Å²) >= 11 is 0. The Bertz CT molecular complexity index is 2500. The van der Waals surface area contributed by atoms with Crippen molar-refractivity contribution in [2.75, 3.05) is 52.3 Å². The maximum absolute atomic E-state index is 14.5. The third-order valence-electron chi connectivity index (χ3n) is 12.2. The van der Waals surface area contributed by atoms with Crippen LogP contribution >= 0.6 is 0 Å². The van der Waals surface area contributed by atoms with Crippen LogP contribution in [-0.4, -0.2) is 135 Å². The lowest BCUT2D eigenvalue weighted by Gasteiger charge is -2.41. The number of nitrogens with zero attached hydrogens (tertiary/aromatic N) is 1. The molecule has 3 aromatic rings. The van der Waals surface area contributed by atoms with E-state index in [0.29, 0.717) is 67.7 Å². The number of epoxide rings is 1. The smallest absolute Gasteiger partial charge is 0.308 e. The van der Waals surface area contributed by atoms with Crippen LogP contribution in [0.4, 0.5) is 0 Å². The van der Waals surface area contributed by atoms with E-state index >= 15 is 0 Å². The van der Waals surface area contributed by atoms with Crippen LogP contribution in [0.25, 0.3) is 0 Å². The number of hydrogen-bond donors (Lipinski definition) is 4. The summed E-state index contributed by atoms with van der Waals surface area (Å²) in [5.74, 6) is 0.345. The first-order valence-electron chi connectivity index (χ1n) is 24.6. The van der Waals surface area contributed by atoms with Crippen LogP contribution in [0.15, 0.2) is 72.8 Å². The molecule has 2 saturated heterocycles. The van der Waals surface area contributed by atoms with Crippen LogP contribution in [0.1, 0.15) is 83.1 Å². The van der Waals surface area contributed by atoms with Crippen molar-refractivity contribution in [3.8, 4) is 23.8 Å². The Labute approximate surface area is 430 Å². The lowest BCUT2D eigenvalue weighted by molar-refractivity contribution is -0.940. The number of rotatable bonds is 25. The molecule has 2 heterocycles. The first-order chi connectivity index (χ1) is 34.4. The SMILES string of the molecule is C#CCOc1cc(C[N+]2(CC(=O)NC(CCc3ccccc3)C(=O)NC(CC(C)C)C(=O)NC(Cc3ccccc3)C(=O)NC(CC(C)C)C(=O)[C@@]3(C)CO3)CCOCC2)cc(C)c1OC(C)=O.CS(=O)(=O)[O-]. The first-order valence-corrected chi connectivity index (χ1v) is 26.4. The Morgan fingerprint density at radius 1 is 0.795 bits per heavy atom. The Balaban J connectivity index is 0.00000220. The van der Waals surface area contributed by atoms with Gasteiger partial charge >= 0.3 is 5.97 Å². The molecule has 19 heteroatoms. The van der Waals surface area contributed by atoms with Crippen LogP contribution in [-0.2, 0) is 67.7 Å². The zero-order chi connectivity index (χ0) is 53.9. The number of amides is 4. The molecule has 2 fully saturated rings. The number of carbonyl (C=O) groups excluding carboxylic acids is 6. The maximum atomic E-state index is 14.5. The van der Waals surface area contributed by atoms with Gasteiger partial charge in [0.1, 0.15) is 50.0 Å². The predicted molar refractivity (Wildman–Crippen MR) is 273 cm³/mol. The number of Topliss-reactive ketones (excluding diaryl/α,β-unsaturated/α-hetero) is 1. The van der Waals surface area contributed by atoms with E-state index in [1.165, 1.54) is 6.92 Å². The number of terminal acetylenes is 1. The molecule has 0 bridgehead atoms. The number of ketones is 1. The van der Waals surface area contributed by atoms with Crippen LogP contribution in [0, 0.1) is 31.1 Å². The third kappa shape index (κ3) is 20.7. The van der Waals surface area contributed by atoms with Crippen molar-refractivity contribution < 1.29 is 65.2 Å². The van der Waals surface area contributed by atoms with E-state index in [1.54, 1.807) is 19.9 Å². The topological polar surface area (TPSA) is 248 Å². The van der Waals surface area contributed by atoms with E-state index in [4.69, 9.17) is 38.3 Å². The quantitative estimate of drug-likeness (QED) is 0.0237. The average molecular weight is 1030 g/mol. The molecule has 4 amide bonds. The highest BCUT2D eigenvalue weighted by molar-refractivity contribution is 7.84. The van der Waals surface area contributed by atoms with Gasteiger partial charge in [-0.15, -0.1) is 6.42 Å². The number of quaternary nitrogens is 1. The van der Waals surface area contributed by atoms with Crippen molar-refractivity contribution in [3.05, 3.63) is 95.1 Å². The van der Waals surface area contributed by atoms with Crippen molar-refractivity contribution in [1.82, 2.24) is 21.3 Å². The second-order valence-electron chi connectivity index (χ2n) is 19.9. The van der Waals surface area contributed by atoms with E-state index in [2.05, 4.69) is 27.2 Å². The fraction of sp³-hybridized carbons (Fsp3) is 0.519. The molecule has 4 N–H and O–H groups in total. The van der Waals surface area contributed by atoms with E-state index in [0.717, 1.165) is 16.7 Å². The number of morpholine rings is 1. The van der Waals surface area contributed by atoms with Crippen LogP contribution in [0.2, 0.25) is 0 Å². The number of esters is 1. The molecule has 0 aliphatic carbocycles. The summed E-state index contributed by atoms with van der Waals surface area (Å²) in [6.07, 6.45) is 7.55. The molecule has 0 saturated carbocycles. The Kier molecular flexibility index (Phi) is 22.6. The highest BCUT2D eigenvalue weighted by Crippen LogP contribution is 2.35. The molecule has 0 radical (unpaired) electrons. The van der Waals surface area contributed by atoms with Crippen molar-refractivity contribution in [3.63, 3.8) is 0 Å². The minimum Gasteiger partial charge on any atom is -0.748 e. The molecule has 2 aliphatic rings. The summed E-state index contributed by atoms with van der Waals surface area (Å²) < 4.78 is 50.0. The number of aryl methyl sites for hydroxylation is 2. The second-order valence-corrected chi connectivity index (χ2v) is 21.3. The van der Waals surface area contributed by atoms with Gasteiger partial charge in [0.05, 0.1) is 36.0 Å². The number of carbonyl (C=O) groups is 6. The molecule has 3 aromatic carbocycles.